The van der Waals surface area contributed by atoms with E-state index in [0.717, 1.165) is 11.3 Å². The lowest BCUT2D eigenvalue weighted by molar-refractivity contribution is -0.126. The molecule has 1 heterocycles. The monoisotopic (exact) mass is 569 g/mol. The Bertz CT molecular complexity index is 1240. The molecule has 3 aromatic rings. The number of rotatable bonds is 6. The number of carbonyl (C=O) groups excluding carboxylic acids is 1. The van der Waals surface area contributed by atoms with Crippen LogP contribution in [0.25, 0.3) is 6.08 Å². The third-order valence-electron chi connectivity index (χ3n) is 5.67. The second-order valence-electron chi connectivity index (χ2n) is 8.01. The number of para-hydroxylation sites is 1. The largest absolute Gasteiger partial charge is 0.486 e. The highest BCUT2D eigenvalue weighted by molar-refractivity contribution is 9.10. The van der Waals surface area contributed by atoms with E-state index in [-0.39, 0.29) is 11.5 Å². The number of hydrogen-bond donors (Lipinski definition) is 0. The molecule has 1 aliphatic rings. The van der Waals surface area contributed by atoms with Gasteiger partial charge in [-0.05, 0) is 69.5 Å². The van der Waals surface area contributed by atoms with Crippen LogP contribution in [-0.4, -0.2) is 37.0 Å². The lowest BCUT2D eigenvalue weighted by atomic mass is 10.1. The number of piperazine rings is 1. The summed E-state index contributed by atoms with van der Waals surface area (Å²) in [5, 5.41) is 10.7. The molecule has 8 heteroatoms. The summed E-state index contributed by atoms with van der Waals surface area (Å²) < 4.78 is 6.51. The van der Waals surface area contributed by atoms with Gasteiger partial charge >= 0.3 is 0 Å². The molecular formula is C27H22BrCl2N3O2. The molecule has 1 amide bonds. The summed E-state index contributed by atoms with van der Waals surface area (Å²) in [6.45, 7) is 2.85. The average molecular weight is 571 g/mol. The predicted octanol–water partition coefficient (Wildman–Crippen LogP) is 6.59. The van der Waals surface area contributed by atoms with E-state index >= 15 is 0 Å². The Hall–Kier alpha value is -2.98. The summed E-state index contributed by atoms with van der Waals surface area (Å²) in [5.74, 6) is 0.205. The summed E-state index contributed by atoms with van der Waals surface area (Å²) in [6, 6.07) is 23.0. The quantitative estimate of drug-likeness (QED) is 0.248. The zero-order valence-electron chi connectivity index (χ0n) is 18.8. The van der Waals surface area contributed by atoms with Crippen LogP contribution in [0.5, 0.6) is 5.75 Å². The van der Waals surface area contributed by atoms with E-state index < -0.39 is 0 Å². The molecule has 5 nitrogen and oxygen atoms in total. The molecule has 4 rings (SSSR count). The summed E-state index contributed by atoms with van der Waals surface area (Å²) in [7, 11) is 0. The van der Waals surface area contributed by atoms with Crippen LogP contribution in [0.15, 0.2) is 76.8 Å². The van der Waals surface area contributed by atoms with E-state index in [2.05, 4.69) is 39.0 Å². The maximum Gasteiger partial charge on any atom is 0.264 e. The van der Waals surface area contributed by atoms with Crippen molar-refractivity contribution in [2.24, 2.45) is 0 Å². The van der Waals surface area contributed by atoms with Gasteiger partial charge in [-0.25, -0.2) is 0 Å². The first-order chi connectivity index (χ1) is 16.9. The number of benzene rings is 3. The molecule has 0 spiro atoms. The number of halogens is 3. The minimum Gasteiger partial charge on any atom is -0.486 e. The third kappa shape index (κ3) is 6.37. The predicted molar refractivity (Wildman–Crippen MR) is 144 cm³/mol. The Labute approximate surface area is 223 Å². The van der Waals surface area contributed by atoms with Crippen molar-refractivity contribution in [2.45, 2.75) is 6.61 Å². The smallest absolute Gasteiger partial charge is 0.264 e. The molecule has 0 aliphatic carbocycles. The fraction of sp³-hybridized carbons (Fsp3) is 0.185. The zero-order chi connectivity index (χ0) is 24.8. The van der Waals surface area contributed by atoms with Crippen molar-refractivity contribution >= 4 is 56.8 Å². The Balaban J connectivity index is 1.43. The number of carbonyl (C=O) groups is 1. The van der Waals surface area contributed by atoms with Gasteiger partial charge < -0.3 is 14.5 Å². The summed E-state index contributed by atoms with van der Waals surface area (Å²) in [6.07, 6.45) is 1.56. The van der Waals surface area contributed by atoms with Gasteiger partial charge in [-0.15, -0.1) is 0 Å². The molecule has 0 atom stereocenters. The van der Waals surface area contributed by atoms with Crippen LogP contribution in [0.2, 0.25) is 10.0 Å². The van der Waals surface area contributed by atoms with E-state index in [4.69, 9.17) is 27.9 Å². The number of nitriles is 1. The van der Waals surface area contributed by atoms with Crippen LogP contribution in [0.1, 0.15) is 11.1 Å². The number of nitrogens with zero attached hydrogens (tertiary/aromatic N) is 3. The first kappa shape index (κ1) is 25.1. The van der Waals surface area contributed by atoms with Crippen LogP contribution < -0.4 is 9.64 Å². The number of hydrogen-bond acceptors (Lipinski definition) is 4. The SMILES string of the molecule is N#C/C(=C/c1cc(Cl)c(OCc2ccc(Cl)cc2)c(Br)c1)C(=O)N1CCN(c2ccccc2)CC1. The highest BCUT2D eigenvalue weighted by Gasteiger charge is 2.24. The molecule has 0 bridgehead atoms. The summed E-state index contributed by atoms with van der Waals surface area (Å²) in [4.78, 5) is 17.0. The van der Waals surface area contributed by atoms with E-state index in [1.54, 1.807) is 35.2 Å². The standard InChI is InChI=1S/C27H22BrCl2N3O2/c28-24-15-20(16-25(30)26(24)35-18-19-6-8-22(29)9-7-19)14-21(17-31)27(34)33-12-10-32(11-13-33)23-4-2-1-3-5-23/h1-9,14-16H,10-13,18H2/b21-14-. The van der Waals surface area contributed by atoms with E-state index in [1.165, 1.54) is 0 Å². The molecule has 0 N–H and O–H groups in total. The van der Waals surface area contributed by atoms with Crippen LogP contribution in [0, 0.1) is 11.3 Å². The fourth-order valence-corrected chi connectivity index (χ4v) is 4.94. The van der Waals surface area contributed by atoms with Crippen molar-refractivity contribution in [1.29, 1.82) is 5.26 Å². The van der Waals surface area contributed by atoms with Gasteiger partial charge in [0, 0.05) is 36.9 Å². The number of anilines is 1. The van der Waals surface area contributed by atoms with Crippen LogP contribution in [-0.2, 0) is 11.4 Å². The van der Waals surface area contributed by atoms with Crippen molar-refractivity contribution < 1.29 is 9.53 Å². The van der Waals surface area contributed by atoms with Crippen molar-refractivity contribution in [3.63, 3.8) is 0 Å². The van der Waals surface area contributed by atoms with E-state index in [9.17, 15) is 10.1 Å². The van der Waals surface area contributed by atoms with Crippen LogP contribution in [0.4, 0.5) is 5.69 Å². The molecule has 0 aromatic heterocycles. The topological polar surface area (TPSA) is 56.6 Å². The molecular weight excluding hydrogens is 549 g/mol. The highest BCUT2D eigenvalue weighted by atomic mass is 79.9. The van der Waals surface area contributed by atoms with Gasteiger partial charge in [0.05, 0.1) is 9.50 Å². The molecule has 178 valence electrons. The Morgan fingerprint density at radius 1 is 1.03 bits per heavy atom. The van der Waals surface area contributed by atoms with Gasteiger partial charge in [-0.2, -0.15) is 5.26 Å². The minimum absolute atomic E-state index is 0.0657. The van der Waals surface area contributed by atoms with Crippen LogP contribution >= 0.6 is 39.1 Å². The zero-order valence-corrected chi connectivity index (χ0v) is 21.9. The van der Waals surface area contributed by atoms with Gasteiger partial charge in [0.2, 0.25) is 0 Å². The van der Waals surface area contributed by atoms with Crippen molar-refractivity contribution in [3.8, 4) is 11.8 Å². The summed E-state index contributed by atoms with van der Waals surface area (Å²) in [5.41, 5.74) is 2.78. The minimum atomic E-state index is -0.282. The first-order valence-corrected chi connectivity index (χ1v) is 12.6. The van der Waals surface area contributed by atoms with Gasteiger partial charge in [-0.3, -0.25) is 4.79 Å². The van der Waals surface area contributed by atoms with E-state index in [1.807, 2.05) is 30.3 Å². The maximum atomic E-state index is 13.0. The Morgan fingerprint density at radius 3 is 2.34 bits per heavy atom. The van der Waals surface area contributed by atoms with Gasteiger partial charge in [0.1, 0.15) is 18.2 Å². The Morgan fingerprint density at radius 2 is 1.71 bits per heavy atom. The highest BCUT2D eigenvalue weighted by Crippen LogP contribution is 2.36. The molecule has 3 aromatic carbocycles. The summed E-state index contributed by atoms with van der Waals surface area (Å²) >= 11 is 15.9. The first-order valence-electron chi connectivity index (χ1n) is 11.0. The van der Waals surface area contributed by atoms with Gasteiger partial charge in [0.15, 0.2) is 5.75 Å². The fourth-order valence-electron chi connectivity index (χ4n) is 3.82. The second kappa shape index (κ2) is 11.6. The average Bonchev–Trinajstić information content (AvgIpc) is 2.88. The molecule has 1 aliphatic heterocycles. The lowest BCUT2D eigenvalue weighted by Gasteiger charge is -2.36. The number of amides is 1. The van der Waals surface area contributed by atoms with Gasteiger partial charge in [-0.1, -0.05) is 53.5 Å². The number of ether oxygens (including phenoxy) is 1. The molecule has 0 radical (unpaired) electrons. The van der Waals surface area contributed by atoms with Crippen molar-refractivity contribution in [1.82, 2.24) is 4.90 Å². The molecule has 35 heavy (non-hydrogen) atoms. The van der Waals surface area contributed by atoms with E-state index in [0.29, 0.717) is 58.6 Å². The normalized spacial score (nSPS) is 13.9. The van der Waals surface area contributed by atoms with Gasteiger partial charge in [0.25, 0.3) is 5.91 Å². The lowest BCUT2D eigenvalue weighted by Crippen LogP contribution is -2.49. The maximum absolute atomic E-state index is 13.0. The van der Waals surface area contributed by atoms with Crippen molar-refractivity contribution in [2.75, 3.05) is 31.1 Å². The molecule has 1 saturated heterocycles. The Kier molecular flexibility index (Phi) is 8.35. The van der Waals surface area contributed by atoms with Crippen LogP contribution in [0.3, 0.4) is 0 Å². The molecule has 0 saturated carbocycles. The van der Waals surface area contributed by atoms with Crippen molar-refractivity contribution in [3.05, 3.63) is 97.9 Å². The molecule has 1 fully saturated rings. The third-order valence-corrected chi connectivity index (χ3v) is 6.79. The molecule has 0 unspecified atom stereocenters. The second-order valence-corrected chi connectivity index (χ2v) is 9.71.